The van der Waals surface area contributed by atoms with E-state index < -0.39 is 0 Å². The number of alkyl halides is 1. The maximum atomic E-state index is 9.81. The number of hydrogen-bond donors (Lipinski definition) is 1. The van der Waals surface area contributed by atoms with Crippen LogP contribution in [0.3, 0.4) is 0 Å². The summed E-state index contributed by atoms with van der Waals surface area (Å²) in [6.07, 6.45) is 6.96. The SMILES string of the molecule is OC1(CBr)CCCCCC1. The molecular formula is C8H15BrO. The van der Waals surface area contributed by atoms with Crippen LogP contribution in [-0.4, -0.2) is 16.0 Å². The van der Waals surface area contributed by atoms with Crippen LogP contribution in [0.15, 0.2) is 0 Å². The van der Waals surface area contributed by atoms with Gasteiger partial charge in [-0.1, -0.05) is 41.6 Å². The summed E-state index contributed by atoms with van der Waals surface area (Å²) >= 11 is 3.35. The van der Waals surface area contributed by atoms with E-state index in [-0.39, 0.29) is 5.60 Å². The van der Waals surface area contributed by atoms with Crippen molar-refractivity contribution < 1.29 is 5.11 Å². The van der Waals surface area contributed by atoms with E-state index in [0.717, 1.165) is 18.2 Å². The van der Waals surface area contributed by atoms with Gasteiger partial charge in [-0.15, -0.1) is 0 Å². The van der Waals surface area contributed by atoms with Crippen molar-refractivity contribution in [1.82, 2.24) is 0 Å². The number of aliphatic hydroxyl groups is 1. The Kier molecular flexibility index (Phi) is 3.18. The molecule has 0 unspecified atom stereocenters. The first-order valence-electron chi connectivity index (χ1n) is 4.05. The van der Waals surface area contributed by atoms with E-state index in [1.165, 1.54) is 25.7 Å². The lowest BCUT2D eigenvalue weighted by atomic mass is 9.97. The molecule has 1 fully saturated rings. The predicted octanol–water partition coefficient (Wildman–Crippen LogP) is 2.47. The number of rotatable bonds is 1. The van der Waals surface area contributed by atoms with Crippen LogP contribution in [0.25, 0.3) is 0 Å². The summed E-state index contributed by atoms with van der Waals surface area (Å²) in [4.78, 5) is 0. The fourth-order valence-corrected chi connectivity index (χ4v) is 2.08. The minimum Gasteiger partial charge on any atom is -0.389 e. The van der Waals surface area contributed by atoms with Crippen molar-refractivity contribution in [2.24, 2.45) is 0 Å². The summed E-state index contributed by atoms with van der Waals surface area (Å²) in [5.41, 5.74) is -0.378. The maximum Gasteiger partial charge on any atom is 0.0744 e. The van der Waals surface area contributed by atoms with Crippen molar-refractivity contribution >= 4 is 15.9 Å². The fourth-order valence-electron chi connectivity index (χ4n) is 1.52. The second-order valence-corrected chi connectivity index (χ2v) is 3.83. The molecule has 60 valence electrons. The third kappa shape index (κ3) is 2.24. The van der Waals surface area contributed by atoms with Gasteiger partial charge in [-0.2, -0.15) is 0 Å². The molecule has 0 heterocycles. The molecule has 0 atom stereocenters. The molecule has 0 aromatic heterocycles. The standard InChI is InChI=1S/C8H15BrO/c9-7-8(10)5-3-1-2-4-6-8/h10H,1-7H2. The van der Waals surface area contributed by atoms with Gasteiger partial charge in [-0.25, -0.2) is 0 Å². The third-order valence-corrected chi connectivity index (χ3v) is 3.33. The third-order valence-electron chi connectivity index (χ3n) is 2.28. The molecule has 2 heteroatoms. The summed E-state index contributed by atoms with van der Waals surface area (Å²) in [7, 11) is 0. The van der Waals surface area contributed by atoms with Crippen molar-refractivity contribution in [3.63, 3.8) is 0 Å². The Morgan fingerprint density at radius 3 is 2.00 bits per heavy atom. The average molecular weight is 207 g/mol. The zero-order chi connectivity index (χ0) is 7.45. The molecule has 1 nitrogen and oxygen atoms in total. The van der Waals surface area contributed by atoms with Crippen molar-refractivity contribution in [2.75, 3.05) is 5.33 Å². The minimum atomic E-state index is -0.378. The van der Waals surface area contributed by atoms with E-state index >= 15 is 0 Å². The molecule has 0 aromatic rings. The zero-order valence-corrected chi connectivity index (χ0v) is 7.86. The van der Waals surface area contributed by atoms with Crippen LogP contribution in [0, 0.1) is 0 Å². The molecule has 1 rings (SSSR count). The van der Waals surface area contributed by atoms with Crippen LogP contribution >= 0.6 is 15.9 Å². The van der Waals surface area contributed by atoms with E-state index in [2.05, 4.69) is 15.9 Å². The Morgan fingerprint density at radius 1 is 1.10 bits per heavy atom. The fraction of sp³-hybridized carbons (Fsp3) is 1.00. The Bertz CT molecular complexity index is 95.4. The van der Waals surface area contributed by atoms with Gasteiger partial charge in [-0.3, -0.25) is 0 Å². The smallest absolute Gasteiger partial charge is 0.0744 e. The first kappa shape index (κ1) is 8.54. The van der Waals surface area contributed by atoms with E-state index in [1.807, 2.05) is 0 Å². The Labute approximate surface area is 70.9 Å². The van der Waals surface area contributed by atoms with Crippen molar-refractivity contribution in [3.8, 4) is 0 Å². The predicted molar refractivity (Wildman–Crippen MR) is 46.4 cm³/mol. The van der Waals surface area contributed by atoms with Gasteiger partial charge in [0.1, 0.15) is 0 Å². The molecule has 10 heavy (non-hydrogen) atoms. The average Bonchev–Trinajstić information content (AvgIpc) is 2.15. The van der Waals surface area contributed by atoms with Crippen LogP contribution < -0.4 is 0 Å². The molecule has 0 spiro atoms. The second-order valence-electron chi connectivity index (χ2n) is 3.27. The van der Waals surface area contributed by atoms with Gasteiger partial charge in [0.15, 0.2) is 0 Å². The maximum absolute atomic E-state index is 9.81. The molecule has 1 N–H and O–H groups in total. The summed E-state index contributed by atoms with van der Waals surface area (Å²) in [6, 6.07) is 0. The first-order chi connectivity index (χ1) is 4.77. The highest BCUT2D eigenvalue weighted by atomic mass is 79.9. The van der Waals surface area contributed by atoms with Gasteiger partial charge >= 0.3 is 0 Å². The normalized spacial score (nSPS) is 25.8. The topological polar surface area (TPSA) is 20.2 Å². The van der Waals surface area contributed by atoms with Gasteiger partial charge in [0.05, 0.1) is 5.60 Å². The van der Waals surface area contributed by atoms with Gasteiger partial charge in [-0.05, 0) is 12.8 Å². The lowest BCUT2D eigenvalue weighted by molar-refractivity contribution is 0.0506. The molecule has 0 aliphatic heterocycles. The Hall–Kier alpha value is 0.440. The molecule has 0 radical (unpaired) electrons. The quantitative estimate of drug-likeness (QED) is 0.517. The highest BCUT2D eigenvalue weighted by Gasteiger charge is 2.25. The monoisotopic (exact) mass is 206 g/mol. The van der Waals surface area contributed by atoms with Crippen LogP contribution in [-0.2, 0) is 0 Å². The van der Waals surface area contributed by atoms with Crippen LogP contribution in [0.5, 0.6) is 0 Å². The van der Waals surface area contributed by atoms with Crippen LogP contribution in [0.1, 0.15) is 38.5 Å². The Morgan fingerprint density at radius 2 is 1.60 bits per heavy atom. The molecule has 0 amide bonds. The second kappa shape index (κ2) is 3.72. The van der Waals surface area contributed by atoms with Crippen molar-refractivity contribution in [1.29, 1.82) is 0 Å². The van der Waals surface area contributed by atoms with Crippen LogP contribution in [0.4, 0.5) is 0 Å². The molecule has 1 aliphatic rings. The van der Waals surface area contributed by atoms with E-state index in [9.17, 15) is 5.11 Å². The summed E-state index contributed by atoms with van der Waals surface area (Å²) in [5.74, 6) is 0. The number of hydrogen-bond acceptors (Lipinski definition) is 1. The summed E-state index contributed by atoms with van der Waals surface area (Å²) in [6.45, 7) is 0. The zero-order valence-electron chi connectivity index (χ0n) is 6.27. The molecule has 1 saturated carbocycles. The van der Waals surface area contributed by atoms with Crippen molar-refractivity contribution in [3.05, 3.63) is 0 Å². The summed E-state index contributed by atoms with van der Waals surface area (Å²) < 4.78 is 0. The van der Waals surface area contributed by atoms with Gasteiger partial charge in [0, 0.05) is 5.33 Å². The highest BCUT2D eigenvalue weighted by Crippen LogP contribution is 2.28. The number of halogens is 1. The van der Waals surface area contributed by atoms with E-state index in [4.69, 9.17) is 0 Å². The lowest BCUT2D eigenvalue weighted by Crippen LogP contribution is -2.29. The Balaban J connectivity index is 2.41. The van der Waals surface area contributed by atoms with Gasteiger partial charge in [0.25, 0.3) is 0 Å². The summed E-state index contributed by atoms with van der Waals surface area (Å²) in [5, 5.41) is 10.6. The van der Waals surface area contributed by atoms with E-state index in [1.54, 1.807) is 0 Å². The lowest BCUT2D eigenvalue weighted by Gasteiger charge is -2.23. The first-order valence-corrected chi connectivity index (χ1v) is 5.17. The largest absolute Gasteiger partial charge is 0.389 e. The van der Waals surface area contributed by atoms with E-state index in [0.29, 0.717) is 0 Å². The van der Waals surface area contributed by atoms with Gasteiger partial charge < -0.3 is 5.11 Å². The van der Waals surface area contributed by atoms with Crippen LogP contribution in [0.2, 0.25) is 0 Å². The molecule has 0 aromatic carbocycles. The molecule has 0 bridgehead atoms. The van der Waals surface area contributed by atoms with Gasteiger partial charge in [0.2, 0.25) is 0 Å². The minimum absolute atomic E-state index is 0.378. The molecular weight excluding hydrogens is 192 g/mol. The molecule has 0 saturated heterocycles. The van der Waals surface area contributed by atoms with Crippen molar-refractivity contribution in [2.45, 2.75) is 44.1 Å². The highest BCUT2D eigenvalue weighted by molar-refractivity contribution is 9.09. The molecule has 1 aliphatic carbocycles.